The first-order valence-electron chi connectivity index (χ1n) is 9.33. The highest BCUT2D eigenvalue weighted by Crippen LogP contribution is 2.28. The Morgan fingerprint density at radius 3 is 2.93 bits per heavy atom. The first-order valence-corrected chi connectivity index (χ1v) is 9.33. The van der Waals surface area contributed by atoms with Gasteiger partial charge in [0.15, 0.2) is 11.4 Å². The van der Waals surface area contributed by atoms with Gasteiger partial charge in [-0.05, 0) is 24.1 Å². The van der Waals surface area contributed by atoms with E-state index in [1.807, 2.05) is 50.2 Å². The molecule has 4 rings (SSSR count). The summed E-state index contributed by atoms with van der Waals surface area (Å²) in [6.07, 6.45) is 2.25. The number of para-hydroxylation sites is 1. The highest BCUT2D eigenvalue weighted by Gasteiger charge is 2.13. The summed E-state index contributed by atoms with van der Waals surface area (Å²) in [6, 6.07) is 13.4. The minimum Gasteiger partial charge on any atom is -0.475 e. The van der Waals surface area contributed by atoms with Crippen LogP contribution in [0.25, 0.3) is 28.1 Å². The van der Waals surface area contributed by atoms with Crippen LogP contribution in [0.1, 0.15) is 20.3 Å². The SMILES string of the molecule is CC(C)CC(=O)NCCOc1ccc2ncc(-c3cc4ccccc4o3)n2n1. The van der Waals surface area contributed by atoms with Gasteiger partial charge in [0.25, 0.3) is 0 Å². The van der Waals surface area contributed by atoms with E-state index in [0.29, 0.717) is 42.8 Å². The molecule has 4 aromatic rings. The van der Waals surface area contributed by atoms with Gasteiger partial charge in [-0.3, -0.25) is 4.79 Å². The molecule has 0 saturated heterocycles. The number of carbonyl (C=O) groups excluding carboxylic acids is 1. The maximum Gasteiger partial charge on any atom is 0.231 e. The summed E-state index contributed by atoms with van der Waals surface area (Å²) in [6.45, 7) is 4.81. The van der Waals surface area contributed by atoms with E-state index in [1.54, 1.807) is 16.8 Å². The summed E-state index contributed by atoms with van der Waals surface area (Å²) in [4.78, 5) is 16.1. The van der Waals surface area contributed by atoms with Crippen molar-refractivity contribution < 1.29 is 13.9 Å². The molecule has 1 N–H and O–H groups in total. The van der Waals surface area contributed by atoms with Crippen LogP contribution in [0.2, 0.25) is 0 Å². The molecule has 28 heavy (non-hydrogen) atoms. The van der Waals surface area contributed by atoms with E-state index in [2.05, 4.69) is 15.4 Å². The second-order valence-electron chi connectivity index (χ2n) is 7.03. The van der Waals surface area contributed by atoms with Crippen LogP contribution in [-0.4, -0.2) is 33.7 Å². The zero-order chi connectivity index (χ0) is 19.5. The number of ether oxygens (including phenoxy) is 1. The molecule has 0 fully saturated rings. The topological polar surface area (TPSA) is 81.7 Å². The van der Waals surface area contributed by atoms with Crippen molar-refractivity contribution in [2.45, 2.75) is 20.3 Å². The molecule has 7 nitrogen and oxygen atoms in total. The van der Waals surface area contributed by atoms with Crippen molar-refractivity contribution in [1.29, 1.82) is 0 Å². The largest absolute Gasteiger partial charge is 0.475 e. The van der Waals surface area contributed by atoms with Crippen molar-refractivity contribution in [3.63, 3.8) is 0 Å². The number of amides is 1. The van der Waals surface area contributed by atoms with Crippen LogP contribution in [0.3, 0.4) is 0 Å². The predicted molar refractivity (Wildman–Crippen MR) is 106 cm³/mol. The fourth-order valence-electron chi connectivity index (χ4n) is 3.00. The summed E-state index contributed by atoms with van der Waals surface area (Å²) in [7, 11) is 0. The lowest BCUT2D eigenvalue weighted by atomic mass is 10.1. The number of rotatable bonds is 7. The maximum absolute atomic E-state index is 11.7. The fourth-order valence-corrected chi connectivity index (χ4v) is 3.00. The van der Waals surface area contributed by atoms with Gasteiger partial charge in [-0.1, -0.05) is 32.0 Å². The van der Waals surface area contributed by atoms with E-state index in [4.69, 9.17) is 9.15 Å². The molecule has 0 spiro atoms. The molecule has 1 amide bonds. The lowest BCUT2D eigenvalue weighted by Crippen LogP contribution is -2.29. The molecule has 0 radical (unpaired) electrons. The van der Waals surface area contributed by atoms with E-state index in [-0.39, 0.29) is 5.91 Å². The van der Waals surface area contributed by atoms with Gasteiger partial charge in [-0.25, -0.2) is 9.50 Å². The average molecular weight is 378 g/mol. The van der Waals surface area contributed by atoms with Crippen LogP contribution < -0.4 is 10.1 Å². The van der Waals surface area contributed by atoms with E-state index in [9.17, 15) is 4.79 Å². The highest BCUT2D eigenvalue weighted by atomic mass is 16.5. The van der Waals surface area contributed by atoms with E-state index < -0.39 is 0 Å². The van der Waals surface area contributed by atoms with E-state index in [1.165, 1.54) is 0 Å². The number of nitrogens with zero attached hydrogens (tertiary/aromatic N) is 3. The summed E-state index contributed by atoms with van der Waals surface area (Å²) >= 11 is 0. The van der Waals surface area contributed by atoms with Crippen molar-refractivity contribution in [3.8, 4) is 17.3 Å². The minimum absolute atomic E-state index is 0.0313. The average Bonchev–Trinajstić information content (AvgIpc) is 3.27. The predicted octanol–water partition coefficient (Wildman–Crippen LogP) is 3.68. The van der Waals surface area contributed by atoms with E-state index >= 15 is 0 Å². The number of benzene rings is 1. The maximum atomic E-state index is 11.7. The Morgan fingerprint density at radius 2 is 2.11 bits per heavy atom. The van der Waals surface area contributed by atoms with Crippen molar-refractivity contribution in [2.24, 2.45) is 5.92 Å². The van der Waals surface area contributed by atoms with Gasteiger partial charge in [0.1, 0.15) is 17.9 Å². The summed E-state index contributed by atoms with van der Waals surface area (Å²) in [5.41, 5.74) is 2.27. The lowest BCUT2D eigenvalue weighted by Gasteiger charge is -2.08. The number of imidazole rings is 1. The Hall–Kier alpha value is -3.35. The quantitative estimate of drug-likeness (QED) is 0.496. The number of carbonyl (C=O) groups is 1. The Bertz CT molecular complexity index is 1080. The van der Waals surface area contributed by atoms with Gasteiger partial charge in [-0.15, -0.1) is 5.10 Å². The second kappa shape index (κ2) is 7.72. The molecule has 0 aliphatic carbocycles. The van der Waals surface area contributed by atoms with Crippen LogP contribution in [0.15, 0.2) is 53.1 Å². The normalized spacial score (nSPS) is 11.4. The zero-order valence-corrected chi connectivity index (χ0v) is 15.9. The van der Waals surface area contributed by atoms with Crippen molar-refractivity contribution in [1.82, 2.24) is 19.9 Å². The first kappa shape index (κ1) is 18.0. The molecule has 0 aliphatic heterocycles. The first-order chi connectivity index (χ1) is 13.6. The fraction of sp³-hybridized carbons (Fsp3) is 0.286. The zero-order valence-electron chi connectivity index (χ0n) is 15.9. The Kier molecular flexibility index (Phi) is 4.97. The van der Waals surface area contributed by atoms with Gasteiger partial charge in [0.2, 0.25) is 11.8 Å². The number of hydrogen-bond acceptors (Lipinski definition) is 5. The van der Waals surface area contributed by atoms with Crippen molar-refractivity contribution >= 4 is 22.5 Å². The second-order valence-corrected chi connectivity index (χ2v) is 7.03. The molecule has 3 aromatic heterocycles. The smallest absolute Gasteiger partial charge is 0.231 e. The Labute approximate surface area is 162 Å². The van der Waals surface area contributed by atoms with Crippen LogP contribution in [0.4, 0.5) is 0 Å². The third-order valence-electron chi connectivity index (χ3n) is 4.28. The highest BCUT2D eigenvalue weighted by molar-refractivity contribution is 5.82. The molecular formula is C21H22N4O3. The summed E-state index contributed by atoms with van der Waals surface area (Å²) in [5.74, 6) is 1.52. The molecule has 1 aromatic carbocycles. The molecule has 144 valence electrons. The monoisotopic (exact) mass is 378 g/mol. The lowest BCUT2D eigenvalue weighted by molar-refractivity contribution is -0.121. The van der Waals surface area contributed by atoms with Gasteiger partial charge < -0.3 is 14.5 Å². The van der Waals surface area contributed by atoms with Crippen molar-refractivity contribution in [3.05, 3.63) is 48.7 Å². The number of hydrogen-bond donors (Lipinski definition) is 1. The van der Waals surface area contributed by atoms with Crippen LogP contribution >= 0.6 is 0 Å². The number of fused-ring (bicyclic) bond motifs is 2. The molecule has 0 aliphatic rings. The van der Waals surface area contributed by atoms with Crippen LogP contribution in [0.5, 0.6) is 5.88 Å². The third-order valence-corrected chi connectivity index (χ3v) is 4.28. The standard InChI is InChI=1S/C21H22N4O3/c1-14(2)11-20(26)22-9-10-27-21-8-7-19-23-13-16(25(19)24-21)18-12-15-5-3-4-6-17(15)28-18/h3-8,12-14H,9-11H2,1-2H3,(H,22,26). The van der Waals surface area contributed by atoms with Gasteiger partial charge in [0.05, 0.1) is 12.7 Å². The summed E-state index contributed by atoms with van der Waals surface area (Å²) in [5, 5.41) is 8.37. The molecule has 0 atom stereocenters. The van der Waals surface area contributed by atoms with Gasteiger partial charge in [0, 0.05) is 17.9 Å². The van der Waals surface area contributed by atoms with Gasteiger partial charge in [-0.2, -0.15) is 0 Å². The molecular weight excluding hydrogens is 356 g/mol. The molecule has 0 bridgehead atoms. The Balaban J connectivity index is 1.48. The minimum atomic E-state index is 0.0313. The van der Waals surface area contributed by atoms with Gasteiger partial charge >= 0.3 is 0 Å². The molecule has 0 saturated carbocycles. The molecule has 0 unspecified atom stereocenters. The summed E-state index contributed by atoms with van der Waals surface area (Å²) < 4.78 is 13.3. The number of nitrogens with one attached hydrogen (secondary N) is 1. The third kappa shape index (κ3) is 3.83. The van der Waals surface area contributed by atoms with Crippen LogP contribution in [0, 0.1) is 5.92 Å². The van der Waals surface area contributed by atoms with Crippen LogP contribution in [-0.2, 0) is 4.79 Å². The Morgan fingerprint density at radius 1 is 1.25 bits per heavy atom. The molecule has 7 heteroatoms. The number of aromatic nitrogens is 3. The molecule has 3 heterocycles. The number of furan rings is 1. The van der Waals surface area contributed by atoms with E-state index in [0.717, 1.165) is 16.7 Å². The van der Waals surface area contributed by atoms with Crippen molar-refractivity contribution in [2.75, 3.05) is 13.2 Å².